The van der Waals surface area contributed by atoms with E-state index in [9.17, 15) is 4.79 Å². The Morgan fingerprint density at radius 2 is 2.19 bits per heavy atom. The normalized spacial score (nSPS) is 11.6. The second-order valence-corrected chi connectivity index (χ2v) is 3.23. The molecule has 0 saturated carbocycles. The van der Waals surface area contributed by atoms with Gasteiger partial charge in [-0.15, -0.1) is 0 Å². The Labute approximate surface area is 94.1 Å². The monoisotopic (exact) mass is 222 g/mol. The SMILES string of the molecule is C=CC(C)Oc1cc(C(=O)O)ccc1OC. The predicted octanol–water partition coefficient (Wildman–Crippen LogP) is 2.35. The molecular weight excluding hydrogens is 208 g/mol. The number of methoxy groups -OCH3 is 1. The van der Waals surface area contributed by atoms with Crippen LogP contribution >= 0.6 is 0 Å². The number of carboxylic acids is 1. The first-order valence-corrected chi connectivity index (χ1v) is 4.79. The van der Waals surface area contributed by atoms with Crippen LogP contribution in [-0.2, 0) is 0 Å². The van der Waals surface area contributed by atoms with E-state index in [2.05, 4.69) is 6.58 Å². The molecule has 0 heterocycles. The average Bonchev–Trinajstić information content (AvgIpc) is 2.28. The average molecular weight is 222 g/mol. The van der Waals surface area contributed by atoms with E-state index in [1.165, 1.54) is 19.2 Å². The van der Waals surface area contributed by atoms with Gasteiger partial charge in [-0.2, -0.15) is 0 Å². The van der Waals surface area contributed by atoms with Gasteiger partial charge in [-0.05, 0) is 25.1 Å². The molecule has 1 aromatic rings. The number of carboxylic acid groups (broad SMARTS) is 1. The molecule has 0 bridgehead atoms. The highest BCUT2D eigenvalue weighted by atomic mass is 16.5. The first kappa shape index (κ1) is 12.1. The fourth-order valence-electron chi connectivity index (χ4n) is 1.15. The van der Waals surface area contributed by atoms with Crippen molar-refractivity contribution in [3.05, 3.63) is 36.4 Å². The molecular formula is C12H14O4. The predicted molar refractivity (Wildman–Crippen MR) is 60.2 cm³/mol. The van der Waals surface area contributed by atoms with Crippen LogP contribution in [0.15, 0.2) is 30.9 Å². The summed E-state index contributed by atoms with van der Waals surface area (Å²) in [6.07, 6.45) is 1.41. The molecule has 16 heavy (non-hydrogen) atoms. The highest BCUT2D eigenvalue weighted by Gasteiger charge is 2.11. The van der Waals surface area contributed by atoms with Crippen molar-refractivity contribution in [1.29, 1.82) is 0 Å². The molecule has 0 aliphatic heterocycles. The van der Waals surface area contributed by atoms with Crippen molar-refractivity contribution in [3.63, 3.8) is 0 Å². The lowest BCUT2D eigenvalue weighted by Gasteiger charge is -2.14. The third-order valence-electron chi connectivity index (χ3n) is 2.06. The fourth-order valence-corrected chi connectivity index (χ4v) is 1.15. The summed E-state index contributed by atoms with van der Waals surface area (Å²) in [5, 5.41) is 8.85. The van der Waals surface area contributed by atoms with Crippen LogP contribution < -0.4 is 9.47 Å². The van der Waals surface area contributed by atoms with Crippen LogP contribution in [-0.4, -0.2) is 24.3 Å². The number of hydrogen-bond donors (Lipinski definition) is 1. The van der Waals surface area contributed by atoms with Crippen molar-refractivity contribution >= 4 is 5.97 Å². The maximum Gasteiger partial charge on any atom is 0.335 e. The van der Waals surface area contributed by atoms with Gasteiger partial charge < -0.3 is 14.6 Å². The van der Waals surface area contributed by atoms with Crippen molar-refractivity contribution in [1.82, 2.24) is 0 Å². The zero-order valence-electron chi connectivity index (χ0n) is 9.27. The lowest BCUT2D eigenvalue weighted by atomic mass is 10.2. The zero-order chi connectivity index (χ0) is 12.1. The minimum Gasteiger partial charge on any atom is -0.493 e. The lowest BCUT2D eigenvalue weighted by molar-refractivity contribution is 0.0696. The maximum atomic E-state index is 10.8. The summed E-state index contributed by atoms with van der Waals surface area (Å²) in [7, 11) is 1.50. The molecule has 1 aromatic carbocycles. The van der Waals surface area contributed by atoms with Crippen molar-refractivity contribution in [2.45, 2.75) is 13.0 Å². The summed E-state index contributed by atoms with van der Waals surface area (Å²) < 4.78 is 10.5. The molecule has 0 aromatic heterocycles. The maximum absolute atomic E-state index is 10.8. The zero-order valence-corrected chi connectivity index (χ0v) is 9.27. The molecule has 0 aliphatic rings. The van der Waals surface area contributed by atoms with Crippen molar-refractivity contribution in [2.75, 3.05) is 7.11 Å². The Morgan fingerprint density at radius 3 is 2.69 bits per heavy atom. The number of ether oxygens (including phenoxy) is 2. The molecule has 0 spiro atoms. The number of hydrogen-bond acceptors (Lipinski definition) is 3. The lowest BCUT2D eigenvalue weighted by Crippen LogP contribution is -2.09. The van der Waals surface area contributed by atoms with Gasteiger partial charge in [-0.1, -0.05) is 12.7 Å². The first-order valence-electron chi connectivity index (χ1n) is 4.79. The van der Waals surface area contributed by atoms with Crippen LogP contribution in [0.4, 0.5) is 0 Å². The molecule has 1 atom stereocenters. The second kappa shape index (κ2) is 5.21. The van der Waals surface area contributed by atoms with E-state index in [0.29, 0.717) is 11.5 Å². The van der Waals surface area contributed by atoms with E-state index in [-0.39, 0.29) is 11.7 Å². The summed E-state index contributed by atoms with van der Waals surface area (Å²) >= 11 is 0. The number of carbonyl (C=O) groups is 1. The minimum atomic E-state index is -1.00. The quantitative estimate of drug-likeness (QED) is 0.777. The van der Waals surface area contributed by atoms with Crippen LogP contribution in [0.1, 0.15) is 17.3 Å². The number of rotatable bonds is 5. The highest BCUT2D eigenvalue weighted by Crippen LogP contribution is 2.29. The van der Waals surface area contributed by atoms with E-state index >= 15 is 0 Å². The first-order chi connectivity index (χ1) is 7.58. The van der Waals surface area contributed by atoms with Crippen LogP contribution in [0.25, 0.3) is 0 Å². The van der Waals surface area contributed by atoms with Gasteiger partial charge in [0.25, 0.3) is 0 Å². The molecule has 0 aliphatic carbocycles. The Morgan fingerprint density at radius 1 is 1.50 bits per heavy atom. The van der Waals surface area contributed by atoms with Gasteiger partial charge in [0.2, 0.25) is 0 Å². The molecule has 0 saturated heterocycles. The third kappa shape index (κ3) is 2.76. The van der Waals surface area contributed by atoms with E-state index in [4.69, 9.17) is 14.6 Å². The summed E-state index contributed by atoms with van der Waals surface area (Å²) in [5.74, 6) is -0.104. The second-order valence-electron chi connectivity index (χ2n) is 3.23. The van der Waals surface area contributed by atoms with E-state index in [1.807, 2.05) is 0 Å². The van der Waals surface area contributed by atoms with Crippen molar-refractivity contribution in [3.8, 4) is 11.5 Å². The molecule has 1 rings (SSSR count). The van der Waals surface area contributed by atoms with Gasteiger partial charge in [0, 0.05) is 0 Å². The van der Waals surface area contributed by atoms with Crippen LogP contribution in [0.3, 0.4) is 0 Å². The van der Waals surface area contributed by atoms with Gasteiger partial charge in [-0.25, -0.2) is 4.79 Å². The fraction of sp³-hybridized carbons (Fsp3) is 0.250. The Bertz CT molecular complexity index is 398. The van der Waals surface area contributed by atoms with E-state index in [0.717, 1.165) is 0 Å². The van der Waals surface area contributed by atoms with Gasteiger partial charge in [0.15, 0.2) is 11.5 Å². The number of aromatic carboxylic acids is 1. The molecule has 0 fully saturated rings. The van der Waals surface area contributed by atoms with Crippen LogP contribution in [0, 0.1) is 0 Å². The standard InChI is InChI=1S/C12H14O4/c1-4-8(2)16-11-7-9(12(13)14)5-6-10(11)15-3/h4-8H,1H2,2-3H3,(H,13,14). The molecule has 4 nitrogen and oxygen atoms in total. The molecule has 0 amide bonds. The van der Waals surface area contributed by atoms with Crippen molar-refractivity contribution in [2.24, 2.45) is 0 Å². The van der Waals surface area contributed by atoms with Gasteiger partial charge in [-0.3, -0.25) is 0 Å². The van der Waals surface area contributed by atoms with Crippen LogP contribution in [0.5, 0.6) is 11.5 Å². The highest BCUT2D eigenvalue weighted by molar-refractivity contribution is 5.88. The molecule has 86 valence electrons. The van der Waals surface area contributed by atoms with Crippen LogP contribution in [0.2, 0.25) is 0 Å². The summed E-state index contributed by atoms with van der Waals surface area (Å²) in [4.78, 5) is 10.8. The Kier molecular flexibility index (Phi) is 3.94. The van der Waals surface area contributed by atoms with E-state index in [1.54, 1.807) is 19.1 Å². The topological polar surface area (TPSA) is 55.8 Å². The summed E-state index contributed by atoms with van der Waals surface area (Å²) in [6, 6.07) is 4.46. The Hall–Kier alpha value is -1.97. The smallest absolute Gasteiger partial charge is 0.335 e. The third-order valence-corrected chi connectivity index (χ3v) is 2.06. The van der Waals surface area contributed by atoms with Crippen molar-refractivity contribution < 1.29 is 19.4 Å². The minimum absolute atomic E-state index is 0.159. The summed E-state index contributed by atoms with van der Waals surface area (Å²) in [5.41, 5.74) is 0.159. The van der Waals surface area contributed by atoms with Gasteiger partial charge in [0.1, 0.15) is 6.10 Å². The molecule has 4 heteroatoms. The molecule has 1 N–H and O–H groups in total. The number of benzene rings is 1. The Balaban J connectivity index is 3.06. The van der Waals surface area contributed by atoms with E-state index < -0.39 is 5.97 Å². The molecule has 0 radical (unpaired) electrons. The van der Waals surface area contributed by atoms with Gasteiger partial charge in [0.05, 0.1) is 12.7 Å². The van der Waals surface area contributed by atoms with Gasteiger partial charge >= 0.3 is 5.97 Å². The largest absolute Gasteiger partial charge is 0.493 e. The summed E-state index contributed by atoms with van der Waals surface area (Å²) in [6.45, 7) is 5.39. The molecule has 1 unspecified atom stereocenters.